The summed E-state index contributed by atoms with van der Waals surface area (Å²) >= 11 is 0. The smallest absolute Gasteiger partial charge is 0.199 e. The molecule has 0 saturated carbocycles. The number of rotatable bonds is 11. The van der Waals surface area contributed by atoms with E-state index in [1.54, 1.807) is 0 Å². The maximum absolute atomic E-state index is 7.57. The van der Waals surface area contributed by atoms with Gasteiger partial charge in [-0.1, -0.05) is 49.7 Å². The zero-order valence-corrected chi connectivity index (χ0v) is 20.3. The van der Waals surface area contributed by atoms with Crippen molar-refractivity contribution in [1.29, 1.82) is 5.41 Å². The van der Waals surface area contributed by atoms with Crippen molar-refractivity contribution < 1.29 is 18.9 Å². The lowest BCUT2D eigenvalue weighted by Gasteiger charge is -2.23. The molecular formula is C29H34N2O4. The summed E-state index contributed by atoms with van der Waals surface area (Å²) in [6, 6.07) is 21.7. The number of amidine groups is 1. The van der Waals surface area contributed by atoms with Gasteiger partial charge in [-0.25, -0.2) is 0 Å². The van der Waals surface area contributed by atoms with E-state index in [1.165, 1.54) is 5.56 Å². The third-order valence-corrected chi connectivity index (χ3v) is 5.93. The summed E-state index contributed by atoms with van der Waals surface area (Å²) in [5.74, 6) is 2.46. The molecule has 6 nitrogen and oxygen atoms in total. The zero-order valence-electron chi connectivity index (χ0n) is 20.3. The Bertz CT molecular complexity index is 1110. The second kappa shape index (κ2) is 12.3. The predicted octanol–water partition coefficient (Wildman–Crippen LogP) is 5.95. The van der Waals surface area contributed by atoms with Gasteiger partial charge in [0.2, 0.25) is 0 Å². The van der Waals surface area contributed by atoms with Crippen molar-refractivity contribution in [2.45, 2.75) is 45.3 Å². The van der Waals surface area contributed by atoms with Crippen LogP contribution in [0.1, 0.15) is 43.7 Å². The van der Waals surface area contributed by atoms with Gasteiger partial charge in [0.15, 0.2) is 6.29 Å². The number of benzene rings is 3. The van der Waals surface area contributed by atoms with Gasteiger partial charge in [0.25, 0.3) is 0 Å². The van der Waals surface area contributed by atoms with E-state index in [4.69, 9.17) is 30.1 Å². The van der Waals surface area contributed by atoms with Gasteiger partial charge in [-0.2, -0.15) is 0 Å². The molecule has 35 heavy (non-hydrogen) atoms. The van der Waals surface area contributed by atoms with Gasteiger partial charge in [0.05, 0.1) is 6.61 Å². The van der Waals surface area contributed by atoms with E-state index in [2.05, 4.69) is 19.1 Å². The second-order valence-electron chi connectivity index (χ2n) is 8.65. The monoisotopic (exact) mass is 474 g/mol. The number of hydrogen-bond donors (Lipinski definition) is 2. The molecule has 0 aromatic heterocycles. The van der Waals surface area contributed by atoms with E-state index in [9.17, 15) is 0 Å². The fraction of sp³-hybridized carbons (Fsp3) is 0.345. The lowest BCUT2D eigenvalue weighted by atomic mass is 9.99. The first-order chi connectivity index (χ1) is 17.1. The number of nitrogen functional groups attached to an aromatic ring is 1. The van der Waals surface area contributed by atoms with Gasteiger partial charge in [0.1, 0.15) is 36.3 Å². The fourth-order valence-corrected chi connectivity index (χ4v) is 4.11. The van der Waals surface area contributed by atoms with Crippen molar-refractivity contribution in [3.05, 3.63) is 77.9 Å². The quantitative estimate of drug-likeness (QED) is 0.204. The molecule has 1 atom stereocenters. The highest BCUT2D eigenvalue weighted by atomic mass is 16.7. The highest BCUT2D eigenvalue weighted by molar-refractivity contribution is 5.95. The minimum Gasteiger partial charge on any atom is -0.490 e. The highest BCUT2D eigenvalue weighted by Crippen LogP contribution is 2.28. The van der Waals surface area contributed by atoms with Gasteiger partial charge in [-0.05, 0) is 60.2 Å². The average molecular weight is 475 g/mol. The van der Waals surface area contributed by atoms with Crippen LogP contribution in [0.25, 0.3) is 11.1 Å². The van der Waals surface area contributed by atoms with E-state index in [1.807, 2.05) is 54.6 Å². The van der Waals surface area contributed by atoms with Crippen molar-refractivity contribution >= 4 is 5.84 Å². The Morgan fingerprint density at radius 3 is 2.46 bits per heavy atom. The first-order valence-electron chi connectivity index (χ1n) is 12.3. The summed E-state index contributed by atoms with van der Waals surface area (Å²) in [7, 11) is 0. The van der Waals surface area contributed by atoms with Crippen LogP contribution in [-0.2, 0) is 11.2 Å². The normalized spacial score (nSPS) is 15.4. The number of nitrogens with one attached hydrogen (secondary N) is 1. The molecule has 3 aromatic rings. The molecular weight excluding hydrogens is 440 g/mol. The molecule has 0 radical (unpaired) electrons. The van der Waals surface area contributed by atoms with Crippen molar-refractivity contribution in [3.8, 4) is 28.4 Å². The van der Waals surface area contributed by atoms with E-state index in [0.717, 1.165) is 72.6 Å². The van der Waals surface area contributed by atoms with Crippen LogP contribution in [0.15, 0.2) is 66.7 Å². The molecule has 1 aliphatic heterocycles. The molecule has 1 unspecified atom stereocenters. The van der Waals surface area contributed by atoms with Crippen LogP contribution in [0.2, 0.25) is 0 Å². The molecule has 1 fully saturated rings. The molecule has 0 aliphatic carbocycles. The van der Waals surface area contributed by atoms with Crippen LogP contribution >= 0.6 is 0 Å². The average Bonchev–Trinajstić information content (AvgIpc) is 2.88. The molecule has 3 N–H and O–H groups in total. The molecule has 0 amide bonds. The zero-order chi connectivity index (χ0) is 24.5. The first kappa shape index (κ1) is 24.6. The van der Waals surface area contributed by atoms with Crippen molar-refractivity contribution in [1.82, 2.24) is 0 Å². The third kappa shape index (κ3) is 6.99. The molecule has 4 rings (SSSR count). The van der Waals surface area contributed by atoms with Crippen LogP contribution in [0.5, 0.6) is 17.2 Å². The van der Waals surface area contributed by atoms with Crippen LogP contribution in [0, 0.1) is 5.41 Å². The number of aryl methyl sites for hydroxylation is 1. The maximum atomic E-state index is 7.57. The van der Waals surface area contributed by atoms with Gasteiger partial charge < -0.3 is 24.7 Å². The predicted molar refractivity (Wildman–Crippen MR) is 139 cm³/mol. The first-order valence-corrected chi connectivity index (χ1v) is 12.3. The Labute approximate surface area is 207 Å². The SMILES string of the molecule is CCCc1cc(-c2ccc(C(=N)N)cc2)ccc1OCCOc1cccc(OC2CCCCO2)c1. The van der Waals surface area contributed by atoms with E-state index >= 15 is 0 Å². The van der Waals surface area contributed by atoms with E-state index in [-0.39, 0.29) is 12.1 Å². The Balaban J connectivity index is 1.32. The summed E-state index contributed by atoms with van der Waals surface area (Å²) < 4.78 is 23.6. The lowest BCUT2D eigenvalue weighted by molar-refractivity contribution is -0.105. The minimum absolute atomic E-state index is 0.0756. The summed E-state index contributed by atoms with van der Waals surface area (Å²) in [5, 5.41) is 7.57. The minimum atomic E-state index is -0.172. The Kier molecular flexibility index (Phi) is 8.63. The van der Waals surface area contributed by atoms with Crippen LogP contribution < -0.4 is 19.9 Å². The maximum Gasteiger partial charge on any atom is 0.199 e. The van der Waals surface area contributed by atoms with Crippen LogP contribution in [-0.4, -0.2) is 31.9 Å². The van der Waals surface area contributed by atoms with Gasteiger partial charge in [-0.3, -0.25) is 5.41 Å². The summed E-state index contributed by atoms with van der Waals surface area (Å²) in [6.07, 6.45) is 4.93. The Hall–Kier alpha value is -3.51. The van der Waals surface area contributed by atoms with Gasteiger partial charge in [0, 0.05) is 18.1 Å². The molecule has 0 spiro atoms. The summed E-state index contributed by atoms with van der Waals surface area (Å²) in [4.78, 5) is 0. The molecule has 1 aliphatic rings. The van der Waals surface area contributed by atoms with E-state index in [0.29, 0.717) is 13.2 Å². The largest absolute Gasteiger partial charge is 0.490 e. The molecule has 1 heterocycles. The highest BCUT2D eigenvalue weighted by Gasteiger charge is 2.15. The van der Waals surface area contributed by atoms with Gasteiger partial charge in [-0.15, -0.1) is 0 Å². The third-order valence-electron chi connectivity index (χ3n) is 5.93. The summed E-state index contributed by atoms with van der Waals surface area (Å²) in [5.41, 5.74) is 9.67. The van der Waals surface area contributed by atoms with Gasteiger partial charge >= 0.3 is 0 Å². The molecule has 6 heteroatoms. The Morgan fingerprint density at radius 1 is 0.943 bits per heavy atom. The molecule has 0 bridgehead atoms. The standard InChI is InChI=1S/C29H34N2O4/c1-2-6-24-19-23(21-10-12-22(13-11-21)29(30)31)14-15-27(24)33-18-17-32-25-7-5-8-26(20-25)35-28-9-3-4-16-34-28/h5,7-8,10-15,19-20,28H,2-4,6,9,16-18H2,1H3,(H3,30,31). The van der Waals surface area contributed by atoms with Crippen LogP contribution in [0.3, 0.4) is 0 Å². The molecule has 1 saturated heterocycles. The summed E-state index contributed by atoms with van der Waals surface area (Å²) in [6.45, 7) is 3.80. The Morgan fingerprint density at radius 2 is 1.71 bits per heavy atom. The number of hydrogen-bond acceptors (Lipinski definition) is 5. The van der Waals surface area contributed by atoms with Crippen molar-refractivity contribution in [2.24, 2.45) is 5.73 Å². The number of nitrogens with two attached hydrogens (primary N) is 1. The van der Waals surface area contributed by atoms with E-state index < -0.39 is 0 Å². The molecule has 184 valence electrons. The topological polar surface area (TPSA) is 86.8 Å². The fourth-order valence-electron chi connectivity index (χ4n) is 4.11. The molecule has 3 aromatic carbocycles. The second-order valence-corrected chi connectivity index (χ2v) is 8.65. The lowest BCUT2D eigenvalue weighted by Crippen LogP contribution is -2.24. The van der Waals surface area contributed by atoms with Crippen molar-refractivity contribution in [2.75, 3.05) is 19.8 Å². The number of ether oxygens (including phenoxy) is 4. The van der Waals surface area contributed by atoms with Crippen LogP contribution in [0.4, 0.5) is 0 Å². The van der Waals surface area contributed by atoms with Crippen molar-refractivity contribution in [3.63, 3.8) is 0 Å².